The Morgan fingerprint density at radius 2 is 2.00 bits per heavy atom. The smallest absolute Gasteiger partial charge is 0.116 e. The molecule has 0 saturated heterocycles. The zero-order valence-electron chi connectivity index (χ0n) is 9.46. The Kier molecular flexibility index (Phi) is 3.57. The predicted molar refractivity (Wildman–Crippen MR) is 64.6 cm³/mol. The van der Waals surface area contributed by atoms with Gasteiger partial charge in [0, 0.05) is 5.57 Å². The molecule has 1 heteroatoms. The highest BCUT2D eigenvalue weighted by atomic mass is 16.3. The Labute approximate surface area is 91.5 Å². The first-order chi connectivity index (χ1) is 7.08. The van der Waals surface area contributed by atoms with Gasteiger partial charge in [-0.25, -0.2) is 0 Å². The van der Waals surface area contributed by atoms with Crippen LogP contribution in [0.15, 0.2) is 23.8 Å². The van der Waals surface area contributed by atoms with E-state index in [9.17, 15) is 5.11 Å². The zero-order chi connectivity index (χ0) is 11.4. The van der Waals surface area contributed by atoms with Gasteiger partial charge in [0.05, 0.1) is 0 Å². The summed E-state index contributed by atoms with van der Waals surface area (Å²) in [6.07, 6.45) is 6.26. The average molecular weight is 200 g/mol. The zero-order valence-corrected chi connectivity index (χ0v) is 9.46. The molecule has 0 aromatic heterocycles. The van der Waals surface area contributed by atoms with E-state index in [1.165, 1.54) is 0 Å². The second kappa shape index (κ2) is 4.70. The molecule has 1 aromatic carbocycles. The van der Waals surface area contributed by atoms with Crippen LogP contribution in [-0.4, -0.2) is 5.11 Å². The van der Waals surface area contributed by atoms with E-state index in [-0.39, 0.29) is 0 Å². The van der Waals surface area contributed by atoms with Crippen molar-refractivity contribution < 1.29 is 5.11 Å². The van der Waals surface area contributed by atoms with Crippen LogP contribution in [0.4, 0.5) is 0 Å². The Morgan fingerprint density at radius 3 is 2.53 bits per heavy atom. The molecule has 0 radical (unpaired) electrons. The molecule has 0 fully saturated rings. The lowest BCUT2D eigenvalue weighted by molar-refractivity contribution is 0.474. The van der Waals surface area contributed by atoms with Crippen molar-refractivity contribution >= 4 is 5.57 Å². The van der Waals surface area contributed by atoms with Crippen molar-refractivity contribution in [2.45, 2.75) is 27.2 Å². The third-order valence-corrected chi connectivity index (χ3v) is 2.60. The summed E-state index contributed by atoms with van der Waals surface area (Å²) in [7, 11) is 0. The summed E-state index contributed by atoms with van der Waals surface area (Å²) in [5.74, 6) is 2.92. The predicted octanol–water partition coefficient (Wildman–Crippen LogP) is 3.38. The van der Waals surface area contributed by atoms with Gasteiger partial charge in [-0.1, -0.05) is 18.9 Å². The maximum Gasteiger partial charge on any atom is 0.116 e. The second-order valence-electron chi connectivity index (χ2n) is 3.64. The number of phenols is 1. The molecular weight excluding hydrogens is 184 g/mol. The largest absolute Gasteiger partial charge is 0.508 e. The van der Waals surface area contributed by atoms with Crippen LogP contribution in [0, 0.1) is 12.3 Å². The molecule has 1 N–H and O–H groups in total. The molecule has 1 aromatic rings. The van der Waals surface area contributed by atoms with Crippen LogP contribution in [0.3, 0.4) is 0 Å². The van der Waals surface area contributed by atoms with E-state index in [4.69, 9.17) is 6.42 Å². The number of hydrogen-bond donors (Lipinski definition) is 1. The first kappa shape index (κ1) is 11.4. The molecule has 0 spiro atoms. The molecule has 0 aliphatic heterocycles. The highest BCUT2D eigenvalue weighted by Gasteiger charge is 2.02. The second-order valence-corrected chi connectivity index (χ2v) is 3.64. The number of aromatic hydroxyl groups is 1. The van der Waals surface area contributed by atoms with Crippen molar-refractivity contribution in [3.05, 3.63) is 34.9 Å². The third-order valence-electron chi connectivity index (χ3n) is 2.60. The first-order valence-corrected chi connectivity index (χ1v) is 5.05. The summed E-state index contributed by atoms with van der Waals surface area (Å²) in [5.41, 5.74) is 4.07. The molecule has 0 amide bonds. The van der Waals surface area contributed by atoms with E-state index in [1.807, 2.05) is 13.8 Å². The van der Waals surface area contributed by atoms with Gasteiger partial charge in [-0.05, 0) is 49.1 Å². The number of phenolic OH excluding ortho intramolecular Hbond substituents is 1. The maximum atomic E-state index is 9.55. The van der Waals surface area contributed by atoms with Crippen LogP contribution in [0.2, 0.25) is 0 Å². The summed E-state index contributed by atoms with van der Waals surface area (Å²) < 4.78 is 0. The number of hydrogen-bond acceptors (Lipinski definition) is 1. The minimum atomic E-state index is 0.300. The molecule has 0 bridgehead atoms. The van der Waals surface area contributed by atoms with Gasteiger partial charge >= 0.3 is 0 Å². The normalized spacial score (nSPS) is 11.9. The van der Waals surface area contributed by atoms with Crippen LogP contribution in [0.25, 0.3) is 5.57 Å². The van der Waals surface area contributed by atoms with E-state index in [0.29, 0.717) is 5.75 Å². The Morgan fingerprint density at radius 1 is 1.33 bits per heavy atom. The average Bonchev–Trinajstić information content (AvgIpc) is 2.26. The van der Waals surface area contributed by atoms with Crippen molar-refractivity contribution in [1.82, 2.24) is 0 Å². The summed E-state index contributed by atoms with van der Waals surface area (Å²) in [4.78, 5) is 0. The van der Waals surface area contributed by atoms with Gasteiger partial charge in [-0.3, -0.25) is 0 Å². The molecule has 1 rings (SSSR count). The fourth-order valence-electron chi connectivity index (χ4n) is 1.42. The van der Waals surface area contributed by atoms with E-state index in [0.717, 1.165) is 28.7 Å². The molecule has 1 nitrogen and oxygen atoms in total. The van der Waals surface area contributed by atoms with Gasteiger partial charge in [0.2, 0.25) is 0 Å². The lowest BCUT2D eigenvalue weighted by atomic mass is 9.99. The molecule has 0 heterocycles. The standard InChI is InChI=1S/C14H16O/c1-5-10(3)11(4)13-7-12(6-2)8-14(15)9-13/h1,7-9,15H,6H2,2-4H3/b11-10-. The first-order valence-electron chi connectivity index (χ1n) is 5.05. The van der Waals surface area contributed by atoms with Gasteiger partial charge in [0.1, 0.15) is 5.75 Å². The van der Waals surface area contributed by atoms with Crippen molar-refractivity contribution in [3.63, 3.8) is 0 Å². The van der Waals surface area contributed by atoms with Gasteiger partial charge in [-0.15, -0.1) is 6.42 Å². The van der Waals surface area contributed by atoms with Crippen LogP contribution < -0.4 is 0 Å². The van der Waals surface area contributed by atoms with Crippen molar-refractivity contribution in [1.29, 1.82) is 0 Å². The van der Waals surface area contributed by atoms with Crippen molar-refractivity contribution in [3.8, 4) is 18.1 Å². The number of rotatable bonds is 2. The molecule has 15 heavy (non-hydrogen) atoms. The Hall–Kier alpha value is -1.68. The molecular formula is C14H16O. The minimum absolute atomic E-state index is 0.300. The quantitative estimate of drug-likeness (QED) is 0.725. The summed E-state index contributed by atoms with van der Waals surface area (Å²) in [5, 5.41) is 9.55. The maximum absolute atomic E-state index is 9.55. The lowest BCUT2D eigenvalue weighted by Crippen LogP contribution is -1.87. The third kappa shape index (κ3) is 2.63. The number of aryl methyl sites for hydroxylation is 1. The van der Waals surface area contributed by atoms with E-state index in [2.05, 4.69) is 18.9 Å². The summed E-state index contributed by atoms with van der Waals surface area (Å²) in [6.45, 7) is 5.94. The Balaban J connectivity index is 3.28. The number of terminal acetylenes is 1. The van der Waals surface area contributed by atoms with E-state index in [1.54, 1.807) is 12.1 Å². The minimum Gasteiger partial charge on any atom is -0.508 e. The lowest BCUT2D eigenvalue weighted by Gasteiger charge is -2.07. The van der Waals surface area contributed by atoms with Crippen LogP contribution in [0.5, 0.6) is 5.75 Å². The fraction of sp³-hybridized carbons (Fsp3) is 0.286. The monoisotopic (exact) mass is 200 g/mol. The van der Waals surface area contributed by atoms with Crippen molar-refractivity contribution in [2.24, 2.45) is 0 Å². The van der Waals surface area contributed by atoms with Crippen LogP contribution in [-0.2, 0) is 6.42 Å². The van der Waals surface area contributed by atoms with E-state index < -0.39 is 0 Å². The molecule has 78 valence electrons. The SMILES string of the molecule is C#C/C(C)=C(/C)c1cc(O)cc(CC)c1. The van der Waals surface area contributed by atoms with Gasteiger partial charge in [0.25, 0.3) is 0 Å². The van der Waals surface area contributed by atoms with Gasteiger partial charge in [-0.2, -0.15) is 0 Å². The summed E-state index contributed by atoms with van der Waals surface area (Å²) >= 11 is 0. The van der Waals surface area contributed by atoms with Crippen molar-refractivity contribution in [2.75, 3.05) is 0 Å². The Bertz CT molecular complexity index is 433. The molecule has 0 atom stereocenters. The molecule has 0 aliphatic rings. The number of allylic oxidation sites excluding steroid dienone is 2. The van der Waals surface area contributed by atoms with Gasteiger partial charge in [0.15, 0.2) is 0 Å². The van der Waals surface area contributed by atoms with Crippen LogP contribution in [0.1, 0.15) is 31.9 Å². The molecule has 0 aliphatic carbocycles. The van der Waals surface area contributed by atoms with E-state index >= 15 is 0 Å². The molecule has 0 unspecified atom stereocenters. The van der Waals surface area contributed by atoms with Gasteiger partial charge < -0.3 is 5.11 Å². The highest BCUT2D eigenvalue weighted by Crippen LogP contribution is 2.24. The summed E-state index contributed by atoms with van der Waals surface area (Å²) in [6, 6.07) is 5.59. The molecule has 0 saturated carbocycles. The number of benzene rings is 1. The topological polar surface area (TPSA) is 20.2 Å². The highest BCUT2D eigenvalue weighted by molar-refractivity contribution is 5.71. The fourth-order valence-corrected chi connectivity index (χ4v) is 1.42. The van der Waals surface area contributed by atoms with Crippen LogP contribution >= 0.6 is 0 Å².